The van der Waals surface area contributed by atoms with Gasteiger partial charge in [0.25, 0.3) is 0 Å². The van der Waals surface area contributed by atoms with Gasteiger partial charge in [-0.15, -0.1) is 0 Å². The zero-order chi connectivity index (χ0) is 18.0. The number of halogens is 2. The van der Waals surface area contributed by atoms with Crippen molar-refractivity contribution in [3.63, 3.8) is 0 Å². The third-order valence-corrected chi connectivity index (χ3v) is 5.16. The highest BCUT2D eigenvalue weighted by atomic mass is 19.1. The fourth-order valence-electron chi connectivity index (χ4n) is 3.74. The molecule has 0 bridgehead atoms. The smallest absolute Gasteiger partial charge is 0.226 e. The van der Waals surface area contributed by atoms with Gasteiger partial charge in [0.15, 0.2) is 0 Å². The fraction of sp³-hybridized carbons (Fsp3) is 0.667. The number of hydrogen-bond acceptors (Lipinski definition) is 4. The lowest BCUT2D eigenvalue weighted by molar-refractivity contribution is -0.0948. The lowest BCUT2D eigenvalue weighted by atomic mass is 9.76. The summed E-state index contributed by atoms with van der Waals surface area (Å²) < 4.78 is 34.9. The van der Waals surface area contributed by atoms with Gasteiger partial charge in [-0.25, -0.2) is 8.78 Å². The molecule has 138 valence electrons. The van der Waals surface area contributed by atoms with Crippen molar-refractivity contribution in [1.29, 1.82) is 5.41 Å². The number of rotatable bonds is 6. The van der Waals surface area contributed by atoms with E-state index in [2.05, 4.69) is 10.3 Å². The Labute approximate surface area is 146 Å². The zero-order valence-electron chi connectivity index (χ0n) is 14.5. The second-order valence-electron chi connectivity index (χ2n) is 6.87. The predicted molar refractivity (Wildman–Crippen MR) is 94.4 cm³/mol. The van der Waals surface area contributed by atoms with Gasteiger partial charge in [0, 0.05) is 31.6 Å². The summed E-state index contributed by atoms with van der Waals surface area (Å²) in [4.78, 5) is 4.25. The van der Waals surface area contributed by atoms with Gasteiger partial charge in [-0.1, -0.05) is 12.2 Å². The van der Waals surface area contributed by atoms with E-state index < -0.39 is 18.1 Å². The monoisotopic (exact) mass is 352 g/mol. The molecule has 1 heterocycles. The first-order valence-electron chi connectivity index (χ1n) is 8.90. The van der Waals surface area contributed by atoms with Crippen LogP contribution in [-0.4, -0.2) is 49.8 Å². The lowest BCUT2D eigenvalue weighted by Gasteiger charge is -2.45. The van der Waals surface area contributed by atoms with Crippen molar-refractivity contribution >= 4 is 12.1 Å². The van der Waals surface area contributed by atoms with Crippen LogP contribution in [-0.2, 0) is 4.74 Å². The van der Waals surface area contributed by atoms with Crippen LogP contribution in [0.15, 0.2) is 28.3 Å². The van der Waals surface area contributed by atoms with Crippen LogP contribution in [0.25, 0.3) is 0 Å². The molecule has 0 aromatic carbocycles. The molecule has 0 amide bonds. The number of ether oxygens (including phenoxy) is 1. The van der Waals surface area contributed by atoms with Crippen molar-refractivity contribution in [2.24, 2.45) is 22.6 Å². The van der Waals surface area contributed by atoms with Gasteiger partial charge in [0.2, 0.25) is 6.36 Å². The van der Waals surface area contributed by atoms with E-state index in [4.69, 9.17) is 15.9 Å². The lowest BCUT2D eigenvalue weighted by Crippen LogP contribution is -2.64. The Kier molecular flexibility index (Phi) is 5.34. The van der Waals surface area contributed by atoms with E-state index in [-0.39, 0.29) is 30.7 Å². The van der Waals surface area contributed by atoms with Crippen LogP contribution < -0.4 is 11.1 Å². The first-order chi connectivity index (χ1) is 12.0. The largest absolute Gasteiger partial charge is 0.358 e. The van der Waals surface area contributed by atoms with Gasteiger partial charge in [-0.2, -0.15) is 0 Å². The molecule has 1 aliphatic heterocycles. The molecule has 3 rings (SSSR count). The molecule has 0 radical (unpaired) electrons. The standard InChI is InChI=1S/C18H26F2N4O/c1-2-23-9-12(8-21)11-3-6-15(19)14(7-11)18(13-4-5-13)17(20)25-10-16(22)24-18/h3,7,9,12-13,15,17H,2,4-6,8,10,21H2,1H3,(H2,22,24). The normalized spacial score (nSPS) is 34.5. The van der Waals surface area contributed by atoms with E-state index >= 15 is 0 Å². The molecule has 5 nitrogen and oxygen atoms in total. The minimum Gasteiger partial charge on any atom is -0.358 e. The maximum Gasteiger partial charge on any atom is 0.226 e. The summed E-state index contributed by atoms with van der Waals surface area (Å²) in [5, 5.41) is 10.8. The van der Waals surface area contributed by atoms with Crippen LogP contribution >= 0.6 is 0 Å². The number of allylic oxidation sites excluding steroid dienone is 2. The zero-order valence-corrected chi connectivity index (χ0v) is 14.5. The van der Waals surface area contributed by atoms with E-state index in [1.807, 2.05) is 13.0 Å². The molecule has 4 atom stereocenters. The van der Waals surface area contributed by atoms with E-state index in [1.54, 1.807) is 12.3 Å². The quantitative estimate of drug-likeness (QED) is 0.641. The van der Waals surface area contributed by atoms with E-state index in [9.17, 15) is 8.78 Å². The number of nitrogens with one attached hydrogen (secondary N) is 2. The Balaban J connectivity index is 1.98. The number of morpholine rings is 1. The maximum atomic E-state index is 14.9. The highest BCUT2D eigenvalue weighted by Crippen LogP contribution is 2.50. The Bertz CT molecular complexity index is 614. The van der Waals surface area contributed by atoms with Crippen LogP contribution in [0.2, 0.25) is 0 Å². The summed E-state index contributed by atoms with van der Waals surface area (Å²) in [6.45, 7) is 2.82. The second-order valence-corrected chi connectivity index (χ2v) is 6.87. The van der Waals surface area contributed by atoms with Crippen LogP contribution in [0.3, 0.4) is 0 Å². The number of aliphatic imine (C=N–C) groups is 1. The third kappa shape index (κ3) is 3.40. The molecule has 25 heavy (non-hydrogen) atoms. The topological polar surface area (TPSA) is 83.5 Å². The third-order valence-electron chi connectivity index (χ3n) is 5.16. The fourth-order valence-corrected chi connectivity index (χ4v) is 3.74. The SMILES string of the molecule is CCN=CC(CN)C1=CCC(F)C(C2(C3CC3)NC(=N)COC2F)=C1. The molecule has 3 aliphatic rings. The molecule has 0 aromatic rings. The molecule has 0 aromatic heterocycles. The Hall–Kier alpha value is -1.60. The second kappa shape index (κ2) is 7.33. The van der Waals surface area contributed by atoms with Crippen LogP contribution in [0, 0.1) is 17.2 Å². The van der Waals surface area contributed by atoms with Gasteiger partial charge >= 0.3 is 0 Å². The summed E-state index contributed by atoms with van der Waals surface area (Å²) in [5.41, 5.74) is 5.77. The van der Waals surface area contributed by atoms with Crippen molar-refractivity contribution in [2.75, 3.05) is 19.7 Å². The Morgan fingerprint density at radius 1 is 1.52 bits per heavy atom. The van der Waals surface area contributed by atoms with Crippen LogP contribution in [0.1, 0.15) is 26.2 Å². The molecular formula is C18H26F2N4O. The number of nitrogens with two attached hydrogens (primary N) is 1. The molecule has 4 unspecified atom stereocenters. The number of hydrogen-bond donors (Lipinski definition) is 3. The van der Waals surface area contributed by atoms with Crippen molar-refractivity contribution in [1.82, 2.24) is 5.32 Å². The molecule has 2 fully saturated rings. The summed E-state index contributed by atoms with van der Waals surface area (Å²) >= 11 is 0. The maximum absolute atomic E-state index is 14.9. The summed E-state index contributed by atoms with van der Waals surface area (Å²) in [7, 11) is 0. The van der Waals surface area contributed by atoms with E-state index in [1.165, 1.54) is 0 Å². The highest BCUT2D eigenvalue weighted by molar-refractivity contribution is 5.83. The first kappa shape index (κ1) is 18.2. The molecule has 1 saturated carbocycles. The van der Waals surface area contributed by atoms with Crippen molar-refractivity contribution in [3.05, 3.63) is 23.3 Å². The van der Waals surface area contributed by atoms with Gasteiger partial charge in [-0.3, -0.25) is 10.4 Å². The van der Waals surface area contributed by atoms with Crippen LogP contribution in [0.5, 0.6) is 0 Å². The van der Waals surface area contributed by atoms with Gasteiger partial charge in [0.1, 0.15) is 24.2 Å². The van der Waals surface area contributed by atoms with Crippen molar-refractivity contribution in [3.8, 4) is 0 Å². The Morgan fingerprint density at radius 3 is 2.92 bits per heavy atom. The number of alkyl halides is 2. The predicted octanol–water partition coefficient (Wildman–Crippen LogP) is 2.29. The number of nitrogens with zero attached hydrogens (tertiary/aromatic N) is 1. The van der Waals surface area contributed by atoms with Gasteiger partial charge in [-0.05, 0) is 36.8 Å². The van der Waals surface area contributed by atoms with Crippen LogP contribution in [0.4, 0.5) is 8.78 Å². The highest BCUT2D eigenvalue weighted by Gasteiger charge is 2.58. The molecule has 0 spiro atoms. The number of amidine groups is 1. The summed E-state index contributed by atoms with van der Waals surface area (Å²) in [5.74, 6) is -0.0960. The Morgan fingerprint density at radius 2 is 2.28 bits per heavy atom. The minimum atomic E-state index is -1.67. The summed E-state index contributed by atoms with van der Waals surface area (Å²) in [6, 6.07) is 0. The van der Waals surface area contributed by atoms with E-state index in [0.29, 0.717) is 18.7 Å². The molecule has 2 aliphatic carbocycles. The van der Waals surface area contributed by atoms with Gasteiger partial charge < -0.3 is 15.8 Å². The first-order valence-corrected chi connectivity index (χ1v) is 8.90. The molecule has 1 saturated heterocycles. The minimum absolute atomic E-state index is 0.0624. The molecular weight excluding hydrogens is 326 g/mol. The summed E-state index contributed by atoms with van der Waals surface area (Å²) in [6.07, 6.45) is 4.11. The average molecular weight is 352 g/mol. The molecule has 7 heteroatoms. The van der Waals surface area contributed by atoms with Gasteiger partial charge in [0.05, 0.1) is 0 Å². The molecule has 4 N–H and O–H groups in total. The van der Waals surface area contributed by atoms with E-state index in [0.717, 1.165) is 18.4 Å². The van der Waals surface area contributed by atoms with Crippen molar-refractivity contribution < 1.29 is 13.5 Å². The average Bonchev–Trinajstić information content (AvgIpc) is 3.44. The van der Waals surface area contributed by atoms with Crippen molar-refractivity contribution in [2.45, 2.75) is 44.3 Å².